The van der Waals surface area contributed by atoms with Crippen LogP contribution in [0.5, 0.6) is 0 Å². The van der Waals surface area contributed by atoms with Crippen molar-refractivity contribution >= 4 is 71.5 Å². The first kappa shape index (κ1) is 38.0. The minimum Gasteiger partial charge on any atom is -0.455 e. The molecule has 294 valence electrons. The number of hydrogen-bond acceptors (Lipinski definition) is 2. The molecule has 0 aliphatic heterocycles. The highest BCUT2D eigenvalue weighted by Crippen LogP contribution is 2.47. The molecule has 0 aliphatic carbocycles. The fraction of sp³-hybridized carbons (Fsp3) is 0. The Bertz CT molecular complexity index is 3400. The van der Waals surface area contributed by atoms with E-state index in [1.54, 1.807) is 0 Å². The fourth-order valence-corrected chi connectivity index (χ4v) is 8.88. The highest BCUT2D eigenvalue weighted by Gasteiger charge is 2.24. The quantitative estimate of drug-likeness (QED) is 0.0958. The van der Waals surface area contributed by atoms with E-state index in [1.165, 1.54) is 27.1 Å². The Labute approximate surface area is 362 Å². The van der Waals surface area contributed by atoms with Crippen LogP contribution >= 0.6 is 0 Å². The van der Waals surface area contributed by atoms with Gasteiger partial charge in [-0.3, -0.25) is 0 Å². The van der Waals surface area contributed by atoms with E-state index in [1.807, 2.05) is 24.3 Å². The maximum atomic E-state index is 6.84. The molecule has 9 aromatic carbocycles. The van der Waals surface area contributed by atoms with Crippen LogP contribution < -0.4 is 4.90 Å². The van der Waals surface area contributed by atoms with E-state index in [2.05, 4.69) is 225 Å². The molecule has 0 atom stereocenters. The van der Waals surface area contributed by atoms with Crippen LogP contribution in [0.3, 0.4) is 0 Å². The predicted octanol–water partition coefficient (Wildman–Crippen LogP) is 17.1. The third-order valence-corrected chi connectivity index (χ3v) is 11.8. The van der Waals surface area contributed by atoms with E-state index in [9.17, 15) is 0 Å². The molecule has 0 saturated carbocycles. The van der Waals surface area contributed by atoms with Gasteiger partial charge in [0.05, 0.1) is 11.4 Å². The maximum absolute atomic E-state index is 6.84. The highest BCUT2D eigenvalue weighted by atomic mass is 16.3. The molecular formula is C60H43NO. The lowest BCUT2D eigenvalue weighted by atomic mass is 9.93. The van der Waals surface area contributed by atoms with E-state index in [4.69, 9.17) is 4.42 Å². The standard InChI is InChI=1S/C60H43NO/c1-4-17-41(6-3)46-34-38-58(56(39-46)42-19-8-7-9-20-42)61(48-35-31-45(32-36-48)50-26-16-27-52-49-23-12-10-21-43(49)33-37-53(50)52)57-28-15-14-25-54(57)55(18-5-2)59-40-47-30-29-44-22-11-13-24-51(44)60(47)62-59/h4-40H,1-3H2/b41-17+,55-18-. The summed E-state index contributed by atoms with van der Waals surface area (Å²) >= 11 is 0. The van der Waals surface area contributed by atoms with Crippen LogP contribution in [0.4, 0.5) is 17.1 Å². The van der Waals surface area contributed by atoms with E-state index in [0.717, 1.165) is 83.5 Å². The molecule has 0 bridgehead atoms. The van der Waals surface area contributed by atoms with Crippen molar-refractivity contribution in [3.63, 3.8) is 0 Å². The Kier molecular flexibility index (Phi) is 10.1. The summed E-state index contributed by atoms with van der Waals surface area (Å²) in [5.74, 6) is 0.770. The van der Waals surface area contributed by atoms with Gasteiger partial charge in [0.1, 0.15) is 11.3 Å². The van der Waals surface area contributed by atoms with Crippen molar-refractivity contribution in [2.24, 2.45) is 0 Å². The van der Waals surface area contributed by atoms with Crippen molar-refractivity contribution in [2.75, 3.05) is 4.90 Å². The number of furan rings is 1. The number of para-hydroxylation sites is 1. The molecule has 1 aromatic heterocycles. The first-order valence-corrected chi connectivity index (χ1v) is 20.9. The lowest BCUT2D eigenvalue weighted by Gasteiger charge is -2.30. The summed E-state index contributed by atoms with van der Waals surface area (Å²) in [5.41, 5.74) is 12.4. The molecule has 0 spiro atoms. The lowest BCUT2D eigenvalue weighted by molar-refractivity contribution is 0.603. The van der Waals surface area contributed by atoms with Gasteiger partial charge in [0, 0.05) is 33.2 Å². The maximum Gasteiger partial charge on any atom is 0.142 e. The van der Waals surface area contributed by atoms with Gasteiger partial charge in [-0.1, -0.05) is 208 Å². The summed E-state index contributed by atoms with van der Waals surface area (Å²) in [5, 5.41) is 8.24. The van der Waals surface area contributed by atoms with Crippen molar-refractivity contribution in [3.8, 4) is 22.3 Å². The number of anilines is 3. The van der Waals surface area contributed by atoms with Gasteiger partial charge >= 0.3 is 0 Å². The fourth-order valence-electron chi connectivity index (χ4n) is 8.88. The first-order chi connectivity index (χ1) is 30.6. The van der Waals surface area contributed by atoms with Crippen molar-refractivity contribution < 1.29 is 4.42 Å². The Morgan fingerprint density at radius 1 is 0.452 bits per heavy atom. The second kappa shape index (κ2) is 16.5. The van der Waals surface area contributed by atoms with Crippen LogP contribution in [0.15, 0.2) is 249 Å². The van der Waals surface area contributed by atoms with Gasteiger partial charge in [0.2, 0.25) is 0 Å². The van der Waals surface area contributed by atoms with Crippen LogP contribution in [-0.2, 0) is 0 Å². The Balaban J connectivity index is 1.19. The second-order valence-corrected chi connectivity index (χ2v) is 15.4. The van der Waals surface area contributed by atoms with Crippen LogP contribution in [0.25, 0.3) is 76.7 Å². The van der Waals surface area contributed by atoms with Crippen LogP contribution in [0, 0.1) is 0 Å². The monoisotopic (exact) mass is 793 g/mol. The van der Waals surface area contributed by atoms with Gasteiger partial charge in [-0.2, -0.15) is 0 Å². The number of allylic oxidation sites excluding steroid dienone is 6. The number of benzene rings is 9. The predicted molar refractivity (Wildman–Crippen MR) is 266 cm³/mol. The third-order valence-electron chi connectivity index (χ3n) is 11.8. The second-order valence-electron chi connectivity index (χ2n) is 15.4. The molecule has 62 heavy (non-hydrogen) atoms. The van der Waals surface area contributed by atoms with Gasteiger partial charge in [-0.15, -0.1) is 0 Å². The smallest absolute Gasteiger partial charge is 0.142 e. The molecule has 0 aliphatic rings. The molecule has 0 radical (unpaired) electrons. The van der Waals surface area contributed by atoms with E-state index >= 15 is 0 Å². The van der Waals surface area contributed by atoms with E-state index in [-0.39, 0.29) is 0 Å². The van der Waals surface area contributed by atoms with Crippen LogP contribution in [0.1, 0.15) is 16.9 Å². The molecule has 0 fully saturated rings. The molecule has 0 saturated heterocycles. The highest BCUT2D eigenvalue weighted by molar-refractivity contribution is 6.12. The van der Waals surface area contributed by atoms with Crippen LogP contribution in [0.2, 0.25) is 0 Å². The Morgan fingerprint density at radius 3 is 1.90 bits per heavy atom. The zero-order valence-electron chi connectivity index (χ0n) is 34.3. The molecule has 0 unspecified atom stereocenters. The zero-order valence-corrected chi connectivity index (χ0v) is 34.3. The summed E-state index contributed by atoms with van der Waals surface area (Å²) in [6, 6.07) is 69.3. The van der Waals surface area contributed by atoms with E-state index in [0.29, 0.717) is 0 Å². The van der Waals surface area contributed by atoms with Gasteiger partial charge in [0.15, 0.2) is 0 Å². The first-order valence-electron chi connectivity index (χ1n) is 20.9. The summed E-state index contributed by atoms with van der Waals surface area (Å²) in [6.07, 6.45) is 9.60. The van der Waals surface area contributed by atoms with Crippen LogP contribution in [-0.4, -0.2) is 0 Å². The largest absolute Gasteiger partial charge is 0.455 e. The third kappa shape index (κ3) is 6.84. The number of fused-ring (bicyclic) bond motifs is 6. The van der Waals surface area contributed by atoms with Crippen molar-refractivity contribution in [1.29, 1.82) is 0 Å². The minimum absolute atomic E-state index is 0.770. The van der Waals surface area contributed by atoms with Gasteiger partial charge in [0.25, 0.3) is 0 Å². The van der Waals surface area contributed by atoms with Crippen molar-refractivity contribution in [2.45, 2.75) is 0 Å². The molecule has 10 aromatic rings. The van der Waals surface area contributed by atoms with E-state index < -0.39 is 0 Å². The summed E-state index contributed by atoms with van der Waals surface area (Å²) in [7, 11) is 0. The lowest BCUT2D eigenvalue weighted by Crippen LogP contribution is -2.13. The molecule has 0 amide bonds. The molecule has 0 N–H and O–H groups in total. The number of nitrogens with zero attached hydrogens (tertiary/aromatic N) is 1. The average molecular weight is 794 g/mol. The van der Waals surface area contributed by atoms with Crippen molar-refractivity contribution in [3.05, 3.63) is 261 Å². The van der Waals surface area contributed by atoms with Gasteiger partial charge < -0.3 is 9.32 Å². The summed E-state index contributed by atoms with van der Waals surface area (Å²) in [6.45, 7) is 12.3. The number of rotatable bonds is 11. The topological polar surface area (TPSA) is 16.4 Å². The SMILES string of the molecule is C=C/C=C(\c1cc2ccc3ccccc3c2o1)c1ccccc1N(c1ccc(-c2cccc3c2ccc2ccccc23)cc1)c1ccc(/C(C=C)=C/C=C)cc1-c1ccccc1. The van der Waals surface area contributed by atoms with Gasteiger partial charge in [-0.05, 0) is 91.2 Å². The molecule has 1 heterocycles. The molecular weight excluding hydrogens is 751 g/mol. The summed E-state index contributed by atoms with van der Waals surface area (Å²) < 4.78 is 6.84. The average Bonchev–Trinajstić information content (AvgIpc) is 3.78. The minimum atomic E-state index is 0.770. The summed E-state index contributed by atoms with van der Waals surface area (Å²) in [4.78, 5) is 2.38. The Morgan fingerprint density at radius 2 is 1.11 bits per heavy atom. The normalized spacial score (nSPS) is 11.9. The zero-order chi connectivity index (χ0) is 42.0. The molecule has 2 heteroatoms. The molecule has 10 rings (SSSR count). The van der Waals surface area contributed by atoms with Gasteiger partial charge in [-0.25, -0.2) is 0 Å². The van der Waals surface area contributed by atoms with Crippen molar-refractivity contribution in [1.82, 2.24) is 0 Å². The molecule has 2 nitrogen and oxygen atoms in total. The Hall–Kier alpha value is -8.20. The number of hydrogen-bond donors (Lipinski definition) is 0.